The van der Waals surface area contributed by atoms with Crippen molar-refractivity contribution in [1.29, 1.82) is 0 Å². The first-order valence-electron chi connectivity index (χ1n) is 5.03. The van der Waals surface area contributed by atoms with Crippen molar-refractivity contribution in [3.05, 3.63) is 65.0 Å². The molecule has 1 heterocycles. The topological polar surface area (TPSA) is 22.0 Å². The monoisotopic (exact) mass is 259 g/mol. The average Bonchev–Trinajstić information content (AvgIpc) is 2.69. The van der Waals surface area contributed by atoms with E-state index in [0.717, 1.165) is 15.8 Å². The van der Waals surface area contributed by atoms with Crippen LogP contribution in [-0.4, -0.2) is 3.96 Å². The van der Waals surface area contributed by atoms with Crippen LogP contribution in [0.4, 0.5) is 0 Å². The number of hydrogen-bond acceptors (Lipinski definition) is 2. The van der Waals surface area contributed by atoms with Crippen LogP contribution in [-0.2, 0) is 0 Å². The predicted octanol–water partition coefficient (Wildman–Crippen LogP) is 3.70. The van der Waals surface area contributed by atoms with Crippen LogP contribution in [0.2, 0.25) is 0 Å². The summed E-state index contributed by atoms with van der Waals surface area (Å²) in [6.07, 6.45) is 0. The molecule has 0 atom stereocenters. The van der Waals surface area contributed by atoms with E-state index in [1.807, 2.05) is 54.6 Å². The fourth-order valence-corrected chi connectivity index (χ4v) is 2.70. The number of nitrogens with zero attached hydrogens (tertiary/aromatic N) is 1. The van der Waals surface area contributed by atoms with Gasteiger partial charge in [-0.3, -0.25) is 4.79 Å². The van der Waals surface area contributed by atoms with Gasteiger partial charge in [0.25, 0.3) is 5.56 Å². The molecule has 2 radical (unpaired) electrons. The van der Waals surface area contributed by atoms with Crippen LogP contribution < -0.4 is 5.56 Å². The van der Waals surface area contributed by atoms with Gasteiger partial charge < -0.3 is 0 Å². The summed E-state index contributed by atoms with van der Waals surface area (Å²) >= 11 is 1.48. The Bertz CT molecular complexity index is 685. The average molecular weight is 259 g/mol. The van der Waals surface area contributed by atoms with Crippen molar-refractivity contribution in [1.82, 2.24) is 3.96 Å². The second kappa shape index (κ2) is 4.77. The van der Waals surface area contributed by atoms with Crippen molar-refractivity contribution in [2.45, 2.75) is 0 Å². The van der Waals surface area contributed by atoms with Gasteiger partial charge in [-0.1, -0.05) is 41.9 Å². The van der Waals surface area contributed by atoms with E-state index in [-0.39, 0.29) is 19.1 Å². The van der Waals surface area contributed by atoms with Crippen molar-refractivity contribution in [2.75, 3.05) is 0 Å². The van der Waals surface area contributed by atoms with E-state index in [1.54, 1.807) is 3.96 Å². The van der Waals surface area contributed by atoms with Crippen LogP contribution in [0.1, 0.15) is 0 Å². The van der Waals surface area contributed by atoms with Crippen LogP contribution >= 0.6 is 25.0 Å². The minimum atomic E-state index is 0. The molecule has 2 nitrogen and oxygen atoms in total. The summed E-state index contributed by atoms with van der Waals surface area (Å²) in [5.74, 6) is 0. The molecule has 3 aromatic rings. The lowest BCUT2D eigenvalue weighted by atomic mass is 10.3. The lowest BCUT2D eigenvalue weighted by molar-refractivity contribution is 1.14. The van der Waals surface area contributed by atoms with Crippen LogP contribution in [0, 0.1) is 0 Å². The normalized spacial score (nSPS) is 10.1. The molecule has 0 amide bonds. The van der Waals surface area contributed by atoms with Crippen molar-refractivity contribution in [3.63, 3.8) is 0 Å². The molecule has 0 N–H and O–H groups in total. The van der Waals surface area contributed by atoms with Crippen molar-refractivity contribution >= 4 is 35.1 Å². The maximum absolute atomic E-state index is 12.1. The zero-order chi connectivity index (χ0) is 11.0. The third kappa shape index (κ3) is 2.01. The van der Waals surface area contributed by atoms with Gasteiger partial charge in [-0.25, -0.2) is 3.96 Å². The highest BCUT2D eigenvalue weighted by atomic mass is 32.1. The van der Waals surface area contributed by atoms with Crippen molar-refractivity contribution in [3.8, 4) is 5.69 Å². The first-order chi connectivity index (χ1) is 7.86. The lowest BCUT2D eigenvalue weighted by Gasteiger charge is -1.97. The van der Waals surface area contributed by atoms with Crippen LogP contribution in [0.5, 0.6) is 0 Å². The van der Waals surface area contributed by atoms with E-state index in [4.69, 9.17) is 0 Å². The minimum Gasteiger partial charge on any atom is -0.267 e. The summed E-state index contributed by atoms with van der Waals surface area (Å²) in [6, 6.07) is 17.4. The van der Waals surface area contributed by atoms with E-state index in [2.05, 4.69) is 0 Å². The molecule has 0 saturated heterocycles. The molecule has 0 fully saturated rings. The third-order valence-electron chi connectivity index (χ3n) is 2.48. The molecular weight excluding hydrogens is 250 g/mol. The highest BCUT2D eigenvalue weighted by Crippen LogP contribution is 2.19. The van der Waals surface area contributed by atoms with Gasteiger partial charge in [0, 0.05) is 13.5 Å². The van der Waals surface area contributed by atoms with Gasteiger partial charge in [0.05, 0.1) is 15.8 Å². The molecule has 1 aromatic heterocycles. The molecule has 0 saturated carbocycles. The Labute approximate surface area is 110 Å². The van der Waals surface area contributed by atoms with Crippen molar-refractivity contribution < 1.29 is 0 Å². The Morgan fingerprint density at radius 1 is 0.882 bits per heavy atom. The molecule has 2 aromatic carbocycles. The van der Waals surface area contributed by atoms with Gasteiger partial charge in [0.2, 0.25) is 0 Å². The molecule has 0 unspecified atom stereocenters. The van der Waals surface area contributed by atoms with Gasteiger partial charge in [-0.15, -0.1) is 0 Å². The van der Waals surface area contributed by atoms with Gasteiger partial charge in [0.15, 0.2) is 0 Å². The molecule has 0 bridgehead atoms. The SMILES string of the molecule is O=c1c2ccccc2sn1-c1ccccc1.[S]. The smallest absolute Gasteiger partial charge is 0.267 e. The second-order valence-corrected chi connectivity index (χ2v) is 4.51. The van der Waals surface area contributed by atoms with E-state index < -0.39 is 0 Å². The summed E-state index contributed by atoms with van der Waals surface area (Å²) in [6.45, 7) is 0. The van der Waals surface area contributed by atoms with E-state index in [0.29, 0.717) is 0 Å². The number of hydrogen-bond donors (Lipinski definition) is 0. The molecule has 84 valence electrons. The van der Waals surface area contributed by atoms with Crippen molar-refractivity contribution in [2.24, 2.45) is 0 Å². The fourth-order valence-electron chi connectivity index (χ4n) is 1.71. The van der Waals surface area contributed by atoms with Gasteiger partial charge in [0.1, 0.15) is 0 Å². The number of benzene rings is 2. The second-order valence-electron chi connectivity index (χ2n) is 3.52. The zero-order valence-corrected chi connectivity index (χ0v) is 10.5. The van der Waals surface area contributed by atoms with E-state index >= 15 is 0 Å². The Balaban J connectivity index is 0.00000108. The fraction of sp³-hybridized carbons (Fsp3) is 0. The summed E-state index contributed by atoms with van der Waals surface area (Å²) in [4.78, 5) is 12.1. The standard InChI is InChI=1S/C13H9NOS.S/c15-13-11-8-4-5-9-12(11)16-14(13)10-6-2-1-3-7-10;/h1-9H;. The molecule has 0 aliphatic rings. The van der Waals surface area contributed by atoms with Crippen LogP contribution in [0.25, 0.3) is 15.8 Å². The van der Waals surface area contributed by atoms with Gasteiger partial charge >= 0.3 is 0 Å². The predicted molar refractivity (Wildman–Crippen MR) is 75.0 cm³/mol. The lowest BCUT2D eigenvalue weighted by Crippen LogP contribution is -2.10. The summed E-state index contributed by atoms with van der Waals surface area (Å²) in [5.41, 5.74) is 0.987. The molecule has 4 heteroatoms. The maximum Gasteiger partial charge on any atom is 0.273 e. The van der Waals surface area contributed by atoms with Gasteiger partial charge in [-0.05, 0) is 24.3 Å². The number of aromatic nitrogens is 1. The highest BCUT2D eigenvalue weighted by molar-refractivity contribution is 7.59. The largest absolute Gasteiger partial charge is 0.273 e. The highest BCUT2D eigenvalue weighted by Gasteiger charge is 2.07. The minimum absolute atomic E-state index is 0. The third-order valence-corrected chi connectivity index (χ3v) is 3.59. The molecule has 0 spiro atoms. The van der Waals surface area contributed by atoms with Crippen LogP contribution in [0.3, 0.4) is 0 Å². The zero-order valence-electron chi connectivity index (χ0n) is 8.87. The van der Waals surface area contributed by atoms with E-state index in [1.165, 1.54) is 11.5 Å². The Hall–Kier alpha value is -1.52. The summed E-state index contributed by atoms with van der Waals surface area (Å²) < 4.78 is 2.75. The first-order valence-corrected chi connectivity index (χ1v) is 5.80. The summed E-state index contributed by atoms with van der Waals surface area (Å²) in [7, 11) is 0. The quantitative estimate of drug-likeness (QED) is 0.653. The number of fused-ring (bicyclic) bond motifs is 1. The number of para-hydroxylation sites is 1. The van der Waals surface area contributed by atoms with Crippen LogP contribution in [0.15, 0.2) is 59.4 Å². The molecule has 17 heavy (non-hydrogen) atoms. The van der Waals surface area contributed by atoms with Gasteiger partial charge in [-0.2, -0.15) is 0 Å². The first kappa shape index (κ1) is 12.0. The number of rotatable bonds is 1. The Morgan fingerprint density at radius 3 is 2.24 bits per heavy atom. The Kier molecular flexibility index (Phi) is 3.36. The molecule has 0 aliphatic carbocycles. The van der Waals surface area contributed by atoms with E-state index in [9.17, 15) is 4.79 Å². The molecule has 0 aliphatic heterocycles. The summed E-state index contributed by atoms with van der Waals surface area (Å²) in [5, 5.41) is 0.788. The maximum atomic E-state index is 12.1. The molecular formula is C13H9NOS2. The molecule has 3 rings (SSSR count). The Morgan fingerprint density at radius 2 is 1.53 bits per heavy atom.